The Labute approximate surface area is 232 Å². The van der Waals surface area contributed by atoms with Crippen molar-refractivity contribution < 1.29 is 14.4 Å². The van der Waals surface area contributed by atoms with Crippen molar-refractivity contribution in [1.29, 1.82) is 0 Å². The Morgan fingerprint density at radius 3 is 2.41 bits per heavy atom. The van der Waals surface area contributed by atoms with E-state index in [1.807, 2.05) is 64.1 Å². The lowest BCUT2D eigenvalue weighted by molar-refractivity contribution is -0.129. The lowest BCUT2D eigenvalue weighted by Gasteiger charge is -2.32. The van der Waals surface area contributed by atoms with Crippen LogP contribution in [0.15, 0.2) is 48.5 Å². The van der Waals surface area contributed by atoms with E-state index in [1.165, 1.54) is 19.3 Å². The fourth-order valence-corrected chi connectivity index (χ4v) is 6.10. The summed E-state index contributed by atoms with van der Waals surface area (Å²) in [5.74, 6) is -0.305. The maximum absolute atomic E-state index is 14.2. The van der Waals surface area contributed by atoms with Gasteiger partial charge < -0.3 is 21.3 Å². The highest BCUT2D eigenvalue weighted by molar-refractivity contribution is 6.04. The number of anilines is 1. The standard InChI is InChI=1S/C32H44N4O3/c1-21-15-16-24-25(23-13-9-6-10-14-23)19-27(34-30(38)26(33)18-22-11-7-5-8-12-22)31(39)36(28(24)17-21)20-29(37)35-32(2,3)4/h5,7-8,11-12,15-17,23,25-27H,6,9-10,13-14,18-20,33H2,1-4H3,(H,34,38)(H,35,37)/t25?,26-,27?/m0/s1. The van der Waals surface area contributed by atoms with Gasteiger partial charge in [-0.25, -0.2) is 0 Å². The molecule has 2 aromatic carbocycles. The number of aryl methyl sites for hydroxylation is 1. The zero-order valence-electron chi connectivity index (χ0n) is 23.8. The van der Waals surface area contributed by atoms with E-state index in [1.54, 1.807) is 4.90 Å². The molecule has 7 nitrogen and oxygen atoms in total. The van der Waals surface area contributed by atoms with Crippen molar-refractivity contribution in [3.05, 3.63) is 65.2 Å². The van der Waals surface area contributed by atoms with Crippen LogP contribution in [0.4, 0.5) is 5.69 Å². The van der Waals surface area contributed by atoms with Crippen LogP contribution >= 0.6 is 0 Å². The first-order chi connectivity index (χ1) is 18.5. The van der Waals surface area contributed by atoms with Crippen molar-refractivity contribution in [2.24, 2.45) is 11.7 Å². The van der Waals surface area contributed by atoms with Crippen LogP contribution in [0.2, 0.25) is 0 Å². The summed E-state index contributed by atoms with van der Waals surface area (Å²) in [6, 6.07) is 14.3. The van der Waals surface area contributed by atoms with Crippen molar-refractivity contribution in [2.45, 2.75) is 96.2 Å². The highest BCUT2D eigenvalue weighted by atomic mass is 16.2. The fourth-order valence-electron chi connectivity index (χ4n) is 6.10. The topological polar surface area (TPSA) is 105 Å². The largest absolute Gasteiger partial charge is 0.350 e. The summed E-state index contributed by atoms with van der Waals surface area (Å²) in [4.78, 5) is 42.1. The number of nitrogens with one attached hydrogen (secondary N) is 2. The number of rotatable bonds is 7. The van der Waals surface area contributed by atoms with Crippen molar-refractivity contribution in [2.75, 3.05) is 11.4 Å². The number of carbonyl (C=O) groups is 3. The SMILES string of the molecule is Cc1ccc2c(c1)N(CC(=O)NC(C)(C)C)C(=O)C(NC(=O)[C@@H](N)Cc1ccccc1)CC2C1CCCCC1. The lowest BCUT2D eigenvalue weighted by atomic mass is 9.74. The van der Waals surface area contributed by atoms with E-state index in [0.717, 1.165) is 35.2 Å². The Morgan fingerprint density at radius 2 is 1.74 bits per heavy atom. The second-order valence-electron chi connectivity index (χ2n) is 12.4. The summed E-state index contributed by atoms with van der Waals surface area (Å²) in [6.45, 7) is 7.66. The average Bonchev–Trinajstić information content (AvgIpc) is 2.99. The van der Waals surface area contributed by atoms with Crippen LogP contribution in [0.1, 0.15) is 81.9 Å². The van der Waals surface area contributed by atoms with Crippen molar-refractivity contribution in [3.63, 3.8) is 0 Å². The summed E-state index contributed by atoms with van der Waals surface area (Å²) in [5, 5.41) is 6.00. The van der Waals surface area contributed by atoms with Gasteiger partial charge in [0.1, 0.15) is 12.6 Å². The lowest BCUT2D eigenvalue weighted by Crippen LogP contribution is -2.55. The summed E-state index contributed by atoms with van der Waals surface area (Å²) in [7, 11) is 0. The van der Waals surface area contributed by atoms with E-state index in [-0.39, 0.29) is 30.2 Å². The summed E-state index contributed by atoms with van der Waals surface area (Å²) < 4.78 is 0. The molecule has 2 aromatic rings. The number of nitrogens with two attached hydrogens (primary N) is 1. The fraction of sp³-hybridized carbons (Fsp3) is 0.531. The molecule has 1 saturated carbocycles. The highest BCUT2D eigenvalue weighted by Crippen LogP contribution is 2.44. The number of fused-ring (bicyclic) bond motifs is 1. The third-order valence-electron chi connectivity index (χ3n) is 7.92. The Morgan fingerprint density at radius 1 is 1.05 bits per heavy atom. The quantitative estimate of drug-likeness (QED) is 0.493. The van der Waals surface area contributed by atoms with Gasteiger partial charge >= 0.3 is 0 Å². The molecule has 1 aliphatic carbocycles. The average molecular weight is 533 g/mol. The maximum Gasteiger partial charge on any atom is 0.250 e. The van der Waals surface area contributed by atoms with E-state index < -0.39 is 17.6 Å². The molecule has 2 aliphatic rings. The molecule has 0 spiro atoms. The van der Waals surface area contributed by atoms with Crippen LogP contribution in [0.3, 0.4) is 0 Å². The maximum atomic E-state index is 14.2. The predicted molar refractivity (Wildman–Crippen MR) is 155 cm³/mol. The molecule has 0 aromatic heterocycles. The van der Waals surface area contributed by atoms with Crippen molar-refractivity contribution >= 4 is 23.4 Å². The molecule has 39 heavy (non-hydrogen) atoms. The third-order valence-corrected chi connectivity index (χ3v) is 7.92. The molecule has 3 amide bonds. The number of amides is 3. The van der Waals surface area contributed by atoms with Crippen molar-refractivity contribution in [3.8, 4) is 0 Å². The van der Waals surface area contributed by atoms with Crippen LogP contribution < -0.4 is 21.3 Å². The minimum absolute atomic E-state index is 0.105. The van der Waals surface area contributed by atoms with E-state index >= 15 is 0 Å². The predicted octanol–water partition coefficient (Wildman–Crippen LogP) is 4.37. The Balaban J connectivity index is 1.66. The number of hydrogen-bond donors (Lipinski definition) is 3. The number of carbonyl (C=O) groups excluding carboxylic acids is 3. The molecule has 1 aliphatic heterocycles. The zero-order chi connectivity index (χ0) is 28.2. The first-order valence-electron chi connectivity index (χ1n) is 14.3. The van der Waals surface area contributed by atoms with Gasteiger partial charge in [-0.05, 0) is 88.0 Å². The van der Waals surface area contributed by atoms with Crippen molar-refractivity contribution in [1.82, 2.24) is 10.6 Å². The molecule has 3 atom stereocenters. The highest BCUT2D eigenvalue weighted by Gasteiger charge is 2.40. The molecular weight excluding hydrogens is 488 g/mol. The zero-order valence-corrected chi connectivity index (χ0v) is 23.8. The van der Waals surface area contributed by atoms with Gasteiger partial charge in [-0.3, -0.25) is 14.4 Å². The van der Waals surface area contributed by atoms with Crippen LogP contribution in [0, 0.1) is 12.8 Å². The van der Waals surface area contributed by atoms with Gasteiger partial charge in [0.05, 0.1) is 6.04 Å². The number of benzene rings is 2. The van der Waals surface area contributed by atoms with Crippen LogP contribution in [-0.4, -0.2) is 41.9 Å². The van der Waals surface area contributed by atoms with Gasteiger partial charge in [-0.1, -0.05) is 61.7 Å². The molecule has 4 rings (SSSR count). The summed E-state index contributed by atoms with van der Waals surface area (Å²) in [5.41, 5.74) is 9.76. The van der Waals surface area contributed by atoms with E-state index in [9.17, 15) is 14.4 Å². The molecule has 1 fully saturated rings. The minimum Gasteiger partial charge on any atom is -0.350 e. The van der Waals surface area contributed by atoms with Gasteiger partial charge in [-0.2, -0.15) is 0 Å². The van der Waals surface area contributed by atoms with E-state index in [2.05, 4.69) is 22.8 Å². The monoisotopic (exact) mass is 532 g/mol. The second kappa shape index (κ2) is 12.3. The molecule has 7 heteroatoms. The summed E-state index contributed by atoms with van der Waals surface area (Å²) in [6.07, 6.45) is 6.67. The molecule has 210 valence electrons. The molecule has 0 radical (unpaired) electrons. The molecule has 4 N–H and O–H groups in total. The van der Waals surface area contributed by atoms with E-state index in [0.29, 0.717) is 18.8 Å². The van der Waals surface area contributed by atoms with Gasteiger partial charge in [0, 0.05) is 11.2 Å². The molecule has 0 saturated heterocycles. The van der Waals surface area contributed by atoms with Crippen LogP contribution in [0.5, 0.6) is 0 Å². The first kappa shape index (κ1) is 28.8. The smallest absolute Gasteiger partial charge is 0.250 e. The van der Waals surface area contributed by atoms with Gasteiger partial charge in [0.25, 0.3) is 0 Å². The van der Waals surface area contributed by atoms with Gasteiger partial charge in [0.2, 0.25) is 17.7 Å². The van der Waals surface area contributed by atoms with Crippen LogP contribution in [0.25, 0.3) is 0 Å². The minimum atomic E-state index is -0.779. The number of nitrogens with zero attached hydrogens (tertiary/aromatic N) is 1. The third kappa shape index (κ3) is 7.47. The molecule has 1 heterocycles. The van der Waals surface area contributed by atoms with Gasteiger partial charge in [0.15, 0.2) is 0 Å². The summed E-state index contributed by atoms with van der Waals surface area (Å²) >= 11 is 0. The van der Waals surface area contributed by atoms with E-state index in [4.69, 9.17) is 5.73 Å². The molecular formula is C32H44N4O3. The Kier molecular flexibility index (Phi) is 9.11. The Bertz CT molecular complexity index is 1170. The molecule has 0 bridgehead atoms. The normalized spacial score (nSPS) is 21.1. The second-order valence-corrected chi connectivity index (χ2v) is 12.4. The Hall–Kier alpha value is -3.19. The van der Waals surface area contributed by atoms with Crippen LogP contribution in [-0.2, 0) is 20.8 Å². The van der Waals surface area contributed by atoms with Gasteiger partial charge in [-0.15, -0.1) is 0 Å². The number of hydrogen-bond acceptors (Lipinski definition) is 4. The first-order valence-corrected chi connectivity index (χ1v) is 14.3. The molecule has 2 unspecified atom stereocenters.